The van der Waals surface area contributed by atoms with Crippen molar-refractivity contribution in [3.63, 3.8) is 0 Å². The molecule has 3 heteroatoms. The van der Waals surface area contributed by atoms with Gasteiger partial charge in [0.15, 0.2) is 0 Å². The van der Waals surface area contributed by atoms with Crippen molar-refractivity contribution in [1.82, 2.24) is 4.90 Å². The second-order valence-corrected chi connectivity index (χ2v) is 4.58. The molecule has 0 aromatic heterocycles. The van der Waals surface area contributed by atoms with Crippen LogP contribution in [0.15, 0.2) is 24.3 Å². The highest BCUT2D eigenvalue weighted by Gasteiger charge is 2.23. The number of nitrogens with zero attached hydrogens (tertiary/aromatic N) is 1. The molecule has 1 amide bonds. The van der Waals surface area contributed by atoms with Crippen LogP contribution in [-0.2, 0) is 0 Å². The molecule has 0 saturated heterocycles. The second-order valence-electron chi connectivity index (χ2n) is 4.58. The van der Waals surface area contributed by atoms with Crippen LogP contribution < -0.4 is 4.74 Å². The van der Waals surface area contributed by atoms with Crippen molar-refractivity contribution in [1.29, 1.82) is 0 Å². The molecule has 1 aromatic rings. The minimum absolute atomic E-state index is 0.111. The number of methoxy groups -OCH3 is 1. The third kappa shape index (κ3) is 2.60. The lowest BCUT2D eigenvalue weighted by molar-refractivity contribution is 0.0735. The summed E-state index contributed by atoms with van der Waals surface area (Å²) < 4.78 is 5.08. The molecule has 1 aliphatic rings. The number of ether oxygens (including phenoxy) is 1. The molecular formula is C14H19NO2. The summed E-state index contributed by atoms with van der Waals surface area (Å²) in [6.07, 6.45) is 4.76. The molecule has 1 aliphatic carbocycles. The van der Waals surface area contributed by atoms with Gasteiger partial charge in [-0.15, -0.1) is 0 Å². The summed E-state index contributed by atoms with van der Waals surface area (Å²) in [5, 5.41) is 0. The van der Waals surface area contributed by atoms with Gasteiger partial charge >= 0.3 is 0 Å². The van der Waals surface area contributed by atoms with Crippen LogP contribution in [0.1, 0.15) is 36.0 Å². The van der Waals surface area contributed by atoms with E-state index in [1.54, 1.807) is 7.11 Å². The highest BCUT2D eigenvalue weighted by Crippen LogP contribution is 2.24. The number of rotatable bonds is 3. The van der Waals surface area contributed by atoms with E-state index in [0.29, 0.717) is 6.04 Å². The van der Waals surface area contributed by atoms with E-state index >= 15 is 0 Å². The van der Waals surface area contributed by atoms with Gasteiger partial charge < -0.3 is 9.64 Å². The molecule has 0 unspecified atom stereocenters. The summed E-state index contributed by atoms with van der Waals surface area (Å²) in [5.74, 6) is 0.893. The lowest BCUT2D eigenvalue weighted by atomic mass is 10.1. The first-order valence-electron chi connectivity index (χ1n) is 6.13. The average molecular weight is 233 g/mol. The molecule has 3 nitrogen and oxygen atoms in total. The zero-order chi connectivity index (χ0) is 12.3. The Morgan fingerprint density at radius 2 is 1.82 bits per heavy atom. The lowest BCUT2D eigenvalue weighted by Crippen LogP contribution is -2.35. The zero-order valence-corrected chi connectivity index (χ0v) is 10.5. The fourth-order valence-electron chi connectivity index (χ4n) is 2.39. The number of benzene rings is 1. The molecule has 1 saturated carbocycles. The Kier molecular flexibility index (Phi) is 3.67. The molecule has 0 bridgehead atoms. The van der Waals surface area contributed by atoms with Crippen LogP contribution in [0.3, 0.4) is 0 Å². The molecule has 1 fully saturated rings. The van der Waals surface area contributed by atoms with Gasteiger partial charge in [0.25, 0.3) is 5.91 Å². The van der Waals surface area contributed by atoms with Crippen molar-refractivity contribution >= 4 is 5.91 Å². The molecule has 92 valence electrons. The normalized spacial score (nSPS) is 15.9. The predicted molar refractivity (Wildman–Crippen MR) is 67.3 cm³/mol. The van der Waals surface area contributed by atoms with Gasteiger partial charge in [-0.1, -0.05) is 12.8 Å². The van der Waals surface area contributed by atoms with E-state index in [-0.39, 0.29) is 5.91 Å². The fourth-order valence-corrected chi connectivity index (χ4v) is 2.39. The van der Waals surface area contributed by atoms with Crippen molar-refractivity contribution < 1.29 is 9.53 Å². The summed E-state index contributed by atoms with van der Waals surface area (Å²) in [5.41, 5.74) is 0.736. The molecule has 0 aliphatic heterocycles. The van der Waals surface area contributed by atoms with E-state index in [1.165, 1.54) is 12.8 Å². The van der Waals surface area contributed by atoms with Crippen LogP contribution in [0, 0.1) is 0 Å². The van der Waals surface area contributed by atoms with Gasteiger partial charge in [0.1, 0.15) is 5.75 Å². The standard InChI is InChI=1S/C14H19NO2/c1-15(12-5-3-4-6-12)14(16)11-7-9-13(17-2)10-8-11/h7-10,12H,3-6H2,1-2H3. The number of hydrogen-bond donors (Lipinski definition) is 0. The van der Waals surface area contributed by atoms with E-state index in [1.807, 2.05) is 36.2 Å². The van der Waals surface area contributed by atoms with E-state index in [2.05, 4.69) is 0 Å². The largest absolute Gasteiger partial charge is 0.497 e. The van der Waals surface area contributed by atoms with E-state index < -0.39 is 0 Å². The number of amides is 1. The zero-order valence-electron chi connectivity index (χ0n) is 10.5. The van der Waals surface area contributed by atoms with Crippen molar-refractivity contribution in [2.75, 3.05) is 14.2 Å². The van der Waals surface area contributed by atoms with Crippen molar-refractivity contribution in [3.05, 3.63) is 29.8 Å². The highest BCUT2D eigenvalue weighted by molar-refractivity contribution is 5.94. The van der Waals surface area contributed by atoms with Crippen molar-refractivity contribution in [3.8, 4) is 5.75 Å². The molecule has 2 rings (SSSR count). The summed E-state index contributed by atoms with van der Waals surface area (Å²) in [7, 11) is 3.53. The monoisotopic (exact) mass is 233 g/mol. The third-order valence-corrected chi connectivity index (χ3v) is 3.53. The van der Waals surface area contributed by atoms with Crippen LogP contribution in [0.4, 0.5) is 0 Å². The second kappa shape index (κ2) is 5.21. The average Bonchev–Trinajstić information content (AvgIpc) is 2.91. The van der Waals surface area contributed by atoms with Gasteiger partial charge in [-0.25, -0.2) is 0 Å². The minimum Gasteiger partial charge on any atom is -0.497 e. The molecule has 0 heterocycles. The molecule has 0 spiro atoms. The predicted octanol–water partition coefficient (Wildman–Crippen LogP) is 2.71. The van der Waals surface area contributed by atoms with Gasteiger partial charge in [0.05, 0.1) is 7.11 Å². The van der Waals surface area contributed by atoms with Crippen LogP contribution in [0.5, 0.6) is 5.75 Å². The Hall–Kier alpha value is -1.51. The topological polar surface area (TPSA) is 29.5 Å². The number of hydrogen-bond acceptors (Lipinski definition) is 2. The minimum atomic E-state index is 0.111. The molecular weight excluding hydrogens is 214 g/mol. The van der Waals surface area contributed by atoms with Gasteiger partial charge in [0, 0.05) is 18.7 Å². The first-order chi connectivity index (χ1) is 8.22. The summed E-state index contributed by atoms with van der Waals surface area (Å²) in [6, 6.07) is 7.73. The van der Waals surface area contributed by atoms with Crippen LogP contribution in [-0.4, -0.2) is 31.0 Å². The molecule has 0 radical (unpaired) electrons. The van der Waals surface area contributed by atoms with E-state index in [4.69, 9.17) is 4.74 Å². The van der Waals surface area contributed by atoms with Crippen LogP contribution in [0.25, 0.3) is 0 Å². The van der Waals surface area contributed by atoms with Crippen molar-refractivity contribution in [2.24, 2.45) is 0 Å². The number of carbonyl (C=O) groups excluding carboxylic acids is 1. The highest BCUT2D eigenvalue weighted by atomic mass is 16.5. The maximum atomic E-state index is 12.2. The van der Waals surface area contributed by atoms with Crippen LogP contribution in [0.2, 0.25) is 0 Å². The molecule has 17 heavy (non-hydrogen) atoms. The van der Waals surface area contributed by atoms with E-state index in [0.717, 1.165) is 24.2 Å². The fraction of sp³-hybridized carbons (Fsp3) is 0.500. The Morgan fingerprint density at radius 1 is 1.24 bits per heavy atom. The first kappa shape index (κ1) is 12.0. The van der Waals surface area contributed by atoms with Gasteiger partial charge in [-0.05, 0) is 37.1 Å². The molecule has 0 atom stereocenters. The summed E-state index contributed by atoms with van der Waals surface area (Å²) in [4.78, 5) is 14.1. The van der Waals surface area contributed by atoms with Gasteiger partial charge in [0.2, 0.25) is 0 Å². The van der Waals surface area contributed by atoms with Crippen molar-refractivity contribution in [2.45, 2.75) is 31.7 Å². The van der Waals surface area contributed by atoms with Crippen LogP contribution >= 0.6 is 0 Å². The maximum absolute atomic E-state index is 12.2. The molecule has 0 N–H and O–H groups in total. The van der Waals surface area contributed by atoms with Gasteiger partial charge in [-0.3, -0.25) is 4.79 Å². The SMILES string of the molecule is COc1ccc(C(=O)N(C)C2CCCC2)cc1. The summed E-state index contributed by atoms with van der Waals surface area (Å²) in [6.45, 7) is 0. The Balaban J connectivity index is 2.07. The smallest absolute Gasteiger partial charge is 0.253 e. The van der Waals surface area contributed by atoms with E-state index in [9.17, 15) is 4.79 Å². The number of carbonyl (C=O) groups is 1. The molecule has 1 aromatic carbocycles. The first-order valence-corrected chi connectivity index (χ1v) is 6.13. The third-order valence-electron chi connectivity index (χ3n) is 3.53. The Morgan fingerprint density at radius 3 is 2.35 bits per heavy atom. The summed E-state index contributed by atoms with van der Waals surface area (Å²) >= 11 is 0. The quantitative estimate of drug-likeness (QED) is 0.803. The Labute approximate surface area is 102 Å². The Bertz CT molecular complexity index is 380. The lowest BCUT2D eigenvalue weighted by Gasteiger charge is -2.24. The maximum Gasteiger partial charge on any atom is 0.253 e. The van der Waals surface area contributed by atoms with Gasteiger partial charge in [-0.2, -0.15) is 0 Å².